The van der Waals surface area contributed by atoms with Crippen LogP contribution in [0.2, 0.25) is 10.0 Å². The maximum Gasteiger partial charge on any atom is 0.240 e. The first kappa shape index (κ1) is 24.6. The lowest BCUT2D eigenvalue weighted by Gasteiger charge is -2.05. The van der Waals surface area contributed by atoms with Crippen LogP contribution in [0, 0.1) is 0 Å². The molecule has 2 aromatic carbocycles. The van der Waals surface area contributed by atoms with Gasteiger partial charge in [-0.05, 0) is 38.8 Å². The molecule has 0 spiro atoms. The molecule has 0 unspecified atom stereocenters. The van der Waals surface area contributed by atoms with Crippen LogP contribution < -0.4 is 10.9 Å². The van der Waals surface area contributed by atoms with Gasteiger partial charge in [-0.1, -0.05) is 66.0 Å². The number of hydrazone groups is 2. The molecule has 0 saturated carbocycles. The van der Waals surface area contributed by atoms with Gasteiger partial charge in [0.1, 0.15) is 0 Å². The molecule has 2 aromatic rings. The lowest BCUT2D eigenvalue weighted by Crippen LogP contribution is -2.19. The highest BCUT2D eigenvalue weighted by molar-refractivity contribution is 6.34. The molecule has 0 fully saturated rings. The number of nitrogens with one attached hydrogen (secondary N) is 2. The normalized spacial score (nSPS) is 11.9. The zero-order valence-electron chi connectivity index (χ0n) is 17.6. The third-order valence-electron chi connectivity index (χ3n) is 4.53. The second-order valence-corrected chi connectivity index (χ2v) is 7.80. The average Bonchev–Trinajstić information content (AvgIpc) is 2.76. The van der Waals surface area contributed by atoms with Gasteiger partial charge in [-0.3, -0.25) is 9.59 Å². The lowest BCUT2D eigenvalue weighted by molar-refractivity contribution is -0.121. The first-order valence-corrected chi connectivity index (χ1v) is 10.8. The fourth-order valence-corrected chi connectivity index (χ4v) is 3.33. The third kappa shape index (κ3) is 8.52. The smallest absolute Gasteiger partial charge is 0.240 e. The summed E-state index contributed by atoms with van der Waals surface area (Å²) in [6, 6.07) is 14.6. The Labute approximate surface area is 192 Å². The number of amides is 2. The summed E-state index contributed by atoms with van der Waals surface area (Å²) in [5.41, 5.74) is 7.93. The second kappa shape index (κ2) is 12.9. The molecule has 0 aliphatic heterocycles. The molecule has 0 aliphatic carbocycles. The van der Waals surface area contributed by atoms with E-state index in [2.05, 4.69) is 21.1 Å². The summed E-state index contributed by atoms with van der Waals surface area (Å²) in [5, 5.41) is 9.37. The number of rotatable bonds is 10. The minimum absolute atomic E-state index is 0.171. The molecule has 0 heterocycles. The Balaban J connectivity index is 1.64. The SMILES string of the molecule is C/C(=N\NC(=O)CCCCCC(=O)N/N=C(\C)c1ccccc1Cl)c1ccccc1Cl. The Kier molecular flexibility index (Phi) is 10.2. The number of carbonyl (C=O) groups is 2. The van der Waals surface area contributed by atoms with Gasteiger partial charge in [-0.2, -0.15) is 10.2 Å². The van der Waals surface area contributed by atoms with Crippen molar-refractivity contribution < 1.29 is 9.59 Å². The Morgan fingerprint density at radius 3 is 1.48 bits per heavy atom. The number of benzene rings is 2. The number of hydrogen-bond acceptors (Lipinski definition) is 4. The van der Waals surface area contributed by atoms with Crippen LogP contribution in [0.1, 0.15) is 57.1 Å². The molecule has 0 aromatic heterocycles. The average molecular weight is 461 g/mol. The van der Waals surface area contributed by atoms with Gasteiger partial charge in [0.2, 0.25) is 11.8 Å². The van der Waals surface area contributed by atoms with Gasteiger partial charge in [-0.15, -0.1) is 0 Å². The van der Waals surface area contributed by atoms with Crippen LogP contribution in [0.3, 0.4) is 0 Å². The van der Waals surface area contributed by atoms with Gasteiger partial charge in [0, 0.05) is 34.0 Å². The van der Waals surface area contributed by atoms with E-state index in [1.807, 2.05) is 36.4 Å². The Morgan fingerprint density at radius 1 is 0.710 bits per heavy atom. The molecule has 0 bridgehead atoms. The molecule has 0 saturated heterocycles. The predicted octanol–water partition coefficient (Wildman–Crippen LogP) is 5.32. The molecule has 2 rings (SSSR count). The van der Waals surface area contributed by atoms with Gasteiger partial charge in [0.05, 0.1) is 11.4 Å². The Hall–Kier alpha value is -2.70. The highest BCUT2D eigenvalue weighted by atomic mass is 35.5. The number of halogens is 2. The fraction of sp³-hybridized carbons (Fsp3) is 0.304. The first-order chi connectivity index (χ1) is 14.9. The van der Waals surface area contributed by atoms with Crippen LogP contribution in [0.15, 0.2) is 58.7 Å². The molecule has 0 atom stereocenters. The third-order valence-corrected chi connectivity index (χ3v) is 5.19. The van der Waals surface area contributed by atoms with E-state index < -0.39 is 0 Å². The number of hydrogen-bond donors (Lipinski definition) is 2. The van der Waals surface area contributed by atoms with E-state index in [-0.39, 0.29) is 11.8 Å². The van der Waals surface area contributed by atoms with Crippen molar-refractivity contribution in [1.29, 1.82) is 0 Å². The molecule has 6 nitrogen and oxygen atoms in total. The highest BCUT2D eigenvalue weighted by Gasteiger charge is 2.06. The predicted molar refractivity (Wildman–Crippen MR) is 127 cm³/mol. The topological polar surface area (TPSA) is 82.9 Å². The van der Waals surface area contributed by atoms with Gasteiger partial charge in [0.25, 0.3) is 0 Å². The van der Waals surface area contributed by atoms with Gasteiger partial charge in [0.15, 0.2) is 0 Å². The van der Waals surface area contributed by atoms with Crippen LogP contribution in [0.5, 0.6) is 0 Å². The van der Waals surface area contributed by atoms with Crippen LogP contribution in [0.4, 0.5) is 0 Å². The van der Waals surface area contributed by atoms with Gasteiger partial charge < -0.3 is 0 Å². The van der Waals surface area contributed by atoms with E-state index in [1.54, 1.807) is 26.0 Å². The maximum absolute atomic E-state index is 11.9. The minimum Gasteiger partial charge on any atom is -0.273 e. The lowest BCUT2D eigenvalue weighted by atomic mass is 10.1. The van der Waals surface area contributed by atoms with Crippen molar-refractivity contribution in [1.82, 2.24) is 10.9 Å². The largest absolute Gasteiger partial charge is 0.273 e. The zero-order valence-corrected chi connectivity index (χ0v) is 19.1. The maximum atomic E-state index is 11.9. The molecular weight excluding hydrogens is 435 g/mol. The molecular formula is C23H26Cl2N4O2. The minimum atomic E-state index is -0.171. The van der Waals surface area contributed by atoms with Crippen LogP contribution in [-0.2, 0) is 9.59 Å². The van der Waals surface area contributed by atoms with E-state index in [9.17, 15) is 9.59 Å². The van der Waals surface area contributed by atoms with Crippen molar-refractivity contribution in [3.63, 3.8) is 0 Å². The molecule has 8 heteroatoms. The highest BCUT2D eigenvalue weighted by Crippen LogP contribution is 2.16. The van der Waals surface area contributed by atoms with E-state index in [1.165, 1.54) is 0 Å². The summed E-state index contributed by atoms with van der Waals surface area (Å²) < 4.78 is 0. The summed E-state index contributed by atoms with van der Waals surface area (Å²) in [6.45, 7) is 3.58. The Morgan fingerprint density at radius 2 is 1.10 bits per heavy atom. The van der Waals surface area contributed by atoms with Crippen LogP contribution >= 0.6 is 23.2 Å². The molecule has 2 amide bonds. The monoisotopic (exact) mass is 460 g/mol. The summed E-state index contributed by atoms with van der Waals surface area (Å²) >= 11 is 12.2. The summed E-state index contributed by atoms with van der Waals surface area (Å²) in [4.78, 5) is 23.9. The number of nitrogens with zero attached hydrogens (tertiary/aromatic N) is 2. The molecule has 2 N–H and O–H groups in total. The van der Waals surface area contributed by atoms with Gasteiger partial charge in [-0.25, -0.2) is 10.9 Å². The van der Waals surface area contributed by atoms with Crippen molar-refractivity contribution in [3.05, 3.63) is 69.7 Å². The number of carbonyl (C=O) groups excluding carboxylic acids is 2. The number of unbranched alkanes of at least 4 members (excludes halogenated alkanes) is 2. The molecule has 31 heavy (non-hydrogen) atoms. The first-order valence-electron chi connectivity index (χ1n) is 10.0. The Bertz CT molecular complexity index is 896. The van der Waals surface area contributed by atoms with E-state index in [0.29, 0.717) is 47.2 Å². The van der Waals surface area contributed by atoms with Crippen molar-refractivity contribution in [2.24, 2.45) is 10.2 Å². The summed E-state index contributed by atoms with van der Waals surface area (Å²) in [7, 11) is 0. The van der Waals surface area contributed by atoms with E-state index >= 15 is 0 Å². The van der Waals surface area contributed by atoms with Crippen LogP contribution in [-0.4, -0.2) is 23.2 Å². The van der Waals surface area contributed by atoms with E-state index in [4.69, 9.17) is 23.2 Å². The van der Waals surface area contributed by atoms with E-state index in [0.717, 1.165) is 17.5 Å². The molecule has 164 valence electrons. The fourth-order valence-electron chi connectivity index (χ4n) is 2.78. The van der Waals surface area contributed by atoms with Crippen molar-refractivity contribution in [2.75, 3.05) is 0 Å². The summed E-state index contributed by atoms with van der Waals surface area (Å²) in [6.07, 6.45) is 2.76. The van der Waals surface area contributed by atoms with Crippen molar-refractivity contribution in [3.8, 4) is 0 Å². The summed E-state index contributed by atoms with van der Waals surface area (Å²) in [5.74, 6) is -0.341. The molecule has 0 aliphatic rings. The molecule has 0 radical (unpaired) electrons. The standard InChI is InChI=1S/C23H26Cl2N4O2/c1-16(18-10-6-8-12-20(18)24)26-28-22(30)14-4-3-5-15-23(31)29-27-17(2)19-11-7-9-13-21(19)25/h6-13H,3-5,14-15H2,1-2H3,(H,28,30)(H,29,31)/b26-16+,27-17+. The van der Waals surface area contributed by atoms with Crippen molar-refractivity contribution in [2.45, 2.75) is 46.0 Å². The van der Waals surface area contributed by atoms with Crippen LogP contribution in [0.25, 0.3) is 0 Å². The van der Waals surface area contributed by atoms with Crippen molar-refractivity contribution >= 4 is 46.4 Å². The van der Waals surface area contributed by atoms with Gasteiger partial charge >= 0.3 is 0 Å². The zero-order chi connectivity index (χ0) is 22.6. The quantitative estimate of drug-likeness (QED) is 0.285. The second-order valence-electron chi connectivity index (χ2n) is 6.98.